The third-order valence-corrected chi connectivity index (χ3v) is 1.41. The Labute approximate surface area is 106 Å². The van der Waals surface area contributed by atoms with Crippen LogP contribution in [0.25, 0.3) is 12.0 Å². The van der Waals surface area contributed by atoms with Gasteiger partial charge in [-0.1, -0.05) is 12.1 Å². The molecule has 2 N–H and O–H groups in total. The number of nitrogens with one attached hydrogen (secondary N) is 1. The normalized spacial score (nSPS) is 9.20. The molecule has 77 valence electrons. The molecule has 1 aromatic rings. The molecule has 0 aliphatic carbocycles. The van der Waals surface area contributed by atoms with Crippen LogP contribution >= 0.6 is 0 Å². The van der Waals surface area contributed by atoms with Gasteiger partial charge in [0, 0.05) is 6.08 Å². The Hall–Kier alpha value is -0.978. The fourth-order valence-electron chi connectivity index (χ4n) is 0.784. The minimum absolute atomic E-state index is 0.167. The van der Waals surface area contributed by atoms with E-state index >= 15 is 0 Å². The second-order valence-electron chi connectivity index (χ2n) is 2.35. The molecule has 0 aromatic heterocycles. The molecule has 0 aliphatic rings. The summed E-state index contributed by atoms with van der Waals surface area (Å²) in [7, 11) is 0. The van der Waals surface area contributed by atoms with Gasteiger partial charge in [0.1, 0.15) is 5.75 Å². The summed E-state index contributed by atoms with van der Waals surface area (Å²) in [6.45, 7) is 0. The van der Waals surface area contributed by atoms with Gasteiger partial charge in [-0.25, -0.2) is 4.79 Å². The number of phenolic OH excluding ortho intramolecular Hbond substituents is 1. The van der Waals surface area contributed by atoms with E-state index < -0.39 is 5.97 Å². The van der Waals surface area contributed by atoms with Gasteiger partial charge < -0.3 is 15.8 Å². The smallest absolute Gasteiger partial charge is 0.315 e. The molecule has 0 aliphatic heterocycles. The molecule has 0 heterocycles. The van der Waals surface area contributed by atoms with Crippen molar-refractivity contribution in [2.24, 2.45) is 0 Å². The van der Waals surface area contributed by atoms with Crippen molar-refractivity contribution in [2.45, 2.75) is 0 Å². The summed E-state index contributed by atoms with van der Waals surface area (Å²) >= 11 is 0.658. The van der Waals surface area contributed by atoms with E-state index in [2.05, 4.69) is 8.16 Å². The molecule has 0 saturated carbocycles. The molecule has 15 heavy (non-hydrogen) atoms. The largest absolute Gasteiger partial charge is 0.561 e. The summed E-state index contributed by atoms with van der Waals surface area (Å²) in [5.74, 6) is 5.71. The van der Waals surface area contributed by atoms with Crippen molar-refractivity contribution < 1.29 is 43.4 Å². The van der Waals surface area contributed by atoms with Crippen molar-refractivity contribution in [3.05, 3.63) is 41.8 Å². The third-order valence-electron chi connectivity index (χ3n) is 1.41. The van der Waals surface area contributed by atoms with Gasteiger partial charge in [0.15, 0.2) is 0 Å². The van der Waals surface area contributed by atoms with Crippen LogP contribution in [0, 0.1) is 32.0 Å². The minimum Gasteiger partial charge on any atom is -0.561 e. The zero-order chi connectivity index (χ0) is 11.7. The van der Waals surface area contributed by atoms with E-state index in [1.54, 1.807) is 12.1 Å². The molecule has 0 amide bonds. The molecular formula is C10H9NO3U-. The number of hydrogen-bond donors (Lipinski definition) is 1. The van der Waals surface area contributed by atoms with Crippen LogP contribution in [0.15, 0.2) is 30.3 Å². The topological polar surface area (TPSA) is 70.3 Å². The first-order chi connectivity index (χ1) is 7.22. The van der Waals surface area contributed by atoms with Gasteiger partial charge in [0.05, 0.1) is 0 Å². The van der Waals surface area contributed by atoms with Crippen LogP contribution in [0.2, 0.25) is 0 Å². The predicted molar refractivity (Wildman–Crippen MR) is 52.5 cm³/mol. The van der Waals surface area contributed by atoms with E-state index in [0.29, 0.717) is 28.7 Å². The molecule has 1 aromatic carbocycles. The predicted octanol–water partition coefficient (Wildman–Crippen LogP) is 2.04. The second-order valence-corrected chi connectivity index (χ2v) is 2.35. The second kappa shape index (κ2) is 8.34. The average Bonchev–Trinajstić information content (AvgIpc) is 2.30. The van der Waals surface area contributed by atoms with Crippen LogP contribution in [0.3, 0.4) is 0 Å². The van der Waals surface area contributed by atoms with Crippen LogP contribution in [0.1, 0.15) is 5.56 Å². The first-order valence-electron chi connectivity index (χ1n) is 3.86. The van der Waals surface area contributed by atoms with Crippen LogP contribution in [-0.4, -0.2) is 11.1 Å². The van der Waals surface area contributed by atoms with Crippen LogP contribution in [0.5, 0.6) is 5.75 Å². The molecule has 0 atom stereocenters. The standard InChI is InChI=1S/C9H8NO3.CH.U/c10-13-9(12)6-3-7-1-4-8(11)5-2-7;;/h1-6,10-11H;1H;/q-1;;/b6-3+;;. The van der Waals surface area contributed by atoms with E-state index in [1.165, 1.54) is 18.2 Å². The van der Waals surface area contributed by atoms with Gasteiger partial charge in [-0.3, -0.25) is 0 Å². The minimum atomic E-state index is -0.729. The van der Waals surface area contributed by atoms with E-state index in [4.69, 9.17) is 11.0 Å². The van der Waals surface area contributed by atoms with Gasteiger partial charge in [-0.15, -0.1) is 0 Å². The van der Waals surface area contributed by atoms with Crippen molar-refractivity contribution in [1.29, 1.82) is 0 Å². The first-order valence-corrected chi connectivity index (χ1v) is 6.26. The summed E-state index contributed by atoms with van der Waals surface area (Å²) in [6, 6.07) is 6.30. The Morgan fingerprint density at radius 2 is 1.93 bits per heavy atom. The zero-order valence-corrected chi connectivity index (χ0v) is 12.0. The molecule has 0 bridgehead atoms. The maximum atomic E-state index is 10.5. The van der Waals surface area contributed by atoms with Gasteiger partial charge in [-0.05, 0) is 23.8 Å². The Kier molecular flexibility index (Phi) is 7.80. The first kappa shape index (κ1) is 14.0. The molecule has 0 spiro atoms. The van der Waals surface area contributed by atoms with Crippen molar-refractivity contribution in [3.63, 3.8) is 0 Å². The molecule has 4 nitrogen and oxygen atoms in total. The Bertz CT molecular complexity index is 357. The summed E-state index contributed by atoms with van der Waals surface area (Å²) < 4.78 is 4.67. The Balaban J connectivity index is 0.000000921. The number of hydrogen-bond acceptors (Lipinski definition) is 3. The van der Waals surface area contributed by atoms with Gasteiger partial charge in [0.2, 0.25) is 0 Å². The number of phenols is 1. The summed E-state index contributed by atoms with van der Waals surface area (Å²) in [5.41, 5.74) is 0.753. The summed E-state index contributed by atoms with van der Waals surface area (Å²) in [6.07, 6.45) is 2.63. The number of aromatic hydroxyl groups is 1. The van der Waals surface area contributed by atoms with Crippen LogP contribution in [0.4, 0.5) is 0 Å². The quantitative estimate of drug-likeness (QED) is 0.578. The van der Waals surface area contributed by atoms with E-state index in [9.17, 15) is 4.79 Å². The average molecular weight is 429 g/mol. The number of carbonyl (C=O) groups is 1. The number of rotatable bonds is 2. The van der Waals surface area contributed by atoms with Crippen molar-refractivity contribution in [3.8, 4) is 9.07 Å². The molecule has 1 rings (SSSR count). The monoisotopic (exact) mass is 429 g/mol. The van der Waals surface area contributed by atoms with E-state index in [0.717, 1.165) is 11.6 Å². The van der Waals surface area contributed by atoms with E-state index in [1.807, 2.05) is 0 Å². The number of carbonyl (C=O) groups excluding carboxylic acids is 1. The molecule has 0 fully saturated rings. The van der Waals surface area contributed by atoms with Crippen LogP contribution < -0.4 is 0 Å². The van der Waals surface area contributed by atoms with Crippen molar-refractivity contribution >= 4 is 12.0 Å². The SMILES string of the molecule is [CH]#[U].[NH-]OC(=O)/C=C/c1ccc(O)cc1. The summed E-state index contributed by atoms with van der Waals surface area (Å²) in [4.78, 5) is 14.2. The number of benzene rings is 1. The molecule has 5 heteroatoms. The molecule has 0 saturated heterocycles. The fraction of sp³-hybridized carbons (Fsp3) is 0. The molecule has 0 radical (unpaired) electrons. The Morgan fingerprint density at radius 3 is 2.40 bits per heavy atom. The Morgan fingerprint density at radius 1 is 1.40 bits per heavy atom. The van der Waals surface area contributed by atoms with Crippen LogP contribution in [-0.2, 0) is 9.63 Å². The zero-order valence-electron chi connectivity index (χ0n) is 7.81. The van der Waals surface area contributed by atoms with Gasteiger partial charge in [-0.2, -0.15) is 0 Å². The van der Waals surface area contributed by atoms with E-state index in [-0.39, 0.29) is 5.75 Å². The van der Waals surface area contributed by atoms with Crippen molar-refractivity contribution in [1.82, 2.24) is 0 Å². The van der Waals surface area contributed by atoms with Crippen molar-refractivity contribution in [2.75, 3.05) is 0 Å². The molecule has 0 unspecified atom stereocenters. The van der Waals surface area contributed by atoms with Gasteiger partial charge in [0.25, 0.3) is 0 Å². The summed E-state index contributed by atoms with van der Waals surface area (Å²) in [5, 5.41) is 8.93. The maximum absolute atomic E-state index is 10.5. The fourth-order valence-corrected chi connectivity index (χ4v) is 0.784. The third kappa shape index (κ3) is 6.16. The van der Waals surface area contributed by atoms with Gasteiger partial charge >= 0.3 is 38.0 Å². The maximum Gasteiger partial charge on any atom is 0.315 e. The molecular weight excluding hydrogens is 420 g/mol.